The molecule has 1 heterocycles. The Bertz CT molecular complexity index is 636. The molecular formula is C10H7ClFN. The number of hydrogen-bond acceptors (Lipinski definition) is 1. The highest BCUT2D eigenvalue weighted by Crippen LogP contribution is 2.23. The van der Waals surface area contributed by atoms with Gasteiger partial charge in [-0.15, -0.1) is 0 Å². The van der Waals surface area contributed by atoms with Crippen molar-refractivity contribution >= 4 is 22.5 Å². The van der Waals surface area contributed by atoms with E-state index in [1.807, 2.05) is 0 Å². The van der Waals surface area contributed by atoms with E-state index in [1.165, 1.54) is 6.92 Å². The van der Waals surface area contributed by atoms with Crippen LogP contribution in [0.15, 0.2) is 24.2 Å². The molecule has 1 aromatic carbocycles. The summed E-state index contributed by atoms with van der Waals surface area (Å²) in [6, 6.07) is -1.67. The first-order valence-corrected chi connectivity index (χ1v) is 3.95. The molecule has 0 aliphatic carbocycles. The lowest BCUT2D eigenvalue weighted by atomic mass is 10.2. The van der Waals surface area contributed by atoms with E-state index in [0.717, 1.165) is 0 Å². The van der Waals surface area contributed by atoms with Gasteiger partial charge in [0.25, 0.3) is 0 Å². The van der Waals surface area contributed by atoms with Crippen LogP contribution in [0.3, 0.4) is 0 Å². The van der Waals surface area contributed by atoms with Crippen molar-refractivity contribution in [2.75, 3.05) is 0 Å². The number of rotatable bonds is 0. The fourth-order valence-corrected chi connectivity index (χ4v) is 1.23. The Morgan fingerprint density at radius 1 is 1.46 bits per heavy atom. The molecule has 3 heteroatoms. The molecule has 0 atom stereocenters. The van der Waals surface area contributed by atoms with Crippen LogP contribution in [0.5, 0.6) is 0 Å². The van der Waals surface area contributed by atoms with Gasteiger partial charge in [-0.2, -0.15) is 0 Å². The summed E-state index contributed by atoms with van der Waals surface area (Å²) >= 11 is 5.78. The van der Waals surface area contributed by atoms with Crippen LogP contribution in [0.2, 0.25) is 5.02 Å². The number of aryl methyl sites for hydroxylation is 1. The number of pyridine rings is 1. The van der Waals surface area contributed by atoms with Gasteiger partial charge in [0.1, 0.15) is 5.82 Å². The minimum absolute atomic E-state index is 0.0292. The Balaban J connectivity index is 3.12. The predicted molar refractivity (Wildman–Crippen MR) is 51.4 cm³/mol. The van der Waals surface area contributed by atoms with Crippen LogP contribution in [0, 0.1) is 12.7 Å². The van der Waals surface area contributed by atoms with Crippen molar-refractivity contribution in [1.29, 1.82) is 0 Å². The van der Waals surface area contributed by atoms with Crippen molar-refractivity contribution < 1.29 is 9.87 Å². The Kier molecular flexibility index (Phi) is 1.12. The summed E-state index contributed by atoms with van der Waals surface area (Å²) in [4.78, 5) is 3.95. The first-order valence-electron chi connectivity index (χ1n) is 5.58. The molecule has 0 amide bonds. The minimum Gasteiger partial charge on any atom is -0.252 e. The Morgan fingerprint density at radius 2 is 2.23 bits per heavy atom. The SMILES string of the molecule is [2H]c1c(F)c([2H])c2c([2H])c([2H])c(C)nc2c1Cl. The number of halogens is 2. The topological polar surface area (TPSA) is 12.9 Å². The third-order valence-electron chi connectivity index (χ3n) is 1.55. The molecule has 13 heavy (non-hydrogen) atoms. The molecule has 2 aromatic rings. The molecule has 0 saturated carbocycles. The summed E-state index contributed by atoms with van der Waals surface area (Å²) < 4.78 is 43.7. The highest BCUT2D eigenvalue weighted by atomic mass is 35.5. The largest absolute Gasteiger partial charge is 0.252 e. The molecule has 0 spiro atoms. The van der Waals surface area contributed by atoms with E-state index in [0.29, 0.717) is 0 Å². The monoisotopic (exact) mass is 199 g/mol. The zero-order chi connectivity index (χ0) is 12.9. The first kappa shape index (κ1) is 4.91. The molecule has 1 aromatic heterocycles. The third kappa shape index (κ3) is 1.49. The molecule has 0 fully saturated rings. The van der Waals surface area contributed by atoms with Crippen molar-refractivity contribution in [1.82, 2.24) is 4.98 Å². The Hall–Kier alpha value is -1.15. The normalized spacial score (nSPS) is 15.0. The van der Waals surface area contributed by atoms with Gasteiger partial charge in [0.05, 0.1) is 16.0 Å². The molecule has 0 bridgehead atoms. The number of aromatic nitrogens is 1. The number of benzene rings is 1. The summed E-state index contributed by atoms with van der Waals surface area (Å²) in [6.07, 6.45) is 0. The smallest absolute Gasteiger partial charge is 0.125 e. The molecular weight excluding hydrogens is 189 g/mol. The molecule has 0 unspecified atom stereocenters. The summed E-state index contributed by atoms with van der Waals surface area (Å²) in [6.45, 7) is 1.52. The average molecular weight is 200 g/mol. The van der Waals surface area contributed by atoms with Crippen LogP contribution in [0.1, 0.15) is 11.2 Å². The summed E-state index contributed by atoms with van der Waals surface area (Å²) in [7, 11) is 0. The molecule has 0 N–H and O–H groups in total. The van der Waals surface area contributed by atoms with E-state index in [9.17, 15) is 4.39 Å². The van der Waals surface area contributed by atoms with Crippen molar-refractivity contribution in [3.63, 3.8) is 0 Å². The van der Waals surface area contributed by atoms with Crippen LogP contribution >= 0.6 is 11.6 Å². The lowest BCUT2D eigenvalue weighted by molar-refractivity contribution is 0.629. The van der Waals surface area contributed by atoms with Crippen LogP contribution in [0.4, 0.5) is 4.39 Å². The van der Waals surface area contributed by atoms with Gasteiger partial charge in [0.15, 0.2) is 0 Å². The standard InChI is InChI=1S/C10H7ClFN/c1-6-2-3-7-4-8(12)5-9(11)10(7)13-6/h2-5H,1H3/i2D,3D,4D,5D. The number of hydrogen-bond donors (Lipinski definition) is 0. The van der Waals surface area contributed by atoms with E-state index in [1.54, 1.807) is 0 Å². The molecule has 0 aliphatic rings. The number of nitrogens with zero attached hydrogens (tertiary/aromatic N) is 1. The van der Waals surface area contributed by atoms with E-state index < -0.39 is 17.9 Å². The fourth-order valence-electron chi connectivity index (χ4n) is 1.01. The van der Waals surface area contributed by atoms with E-state index in [2.05, 4.69) is 4.98 Å². The second-order valence-electron chi connectivity index (χ2n) is 2.55. The second kappa shape index (κ2) is 2.96. The van der Waals surface area contributed by atoms with E-state index in [4.69, 9.17) is 17.1 Å². The van der Waals surface area contributed by atoms with E-state index in [-0.39, 0.29) is 33.7 Å². The summed E-state index contributed by atoms with van der Waals surface area (Å²) in [5.41, 5.74) is 0.288. The zero-order valence-corrected chi connectivity index (χ0v) is 7.46. The van der Waals surface area contributed by atoms with Gasteiger partial charge in [-0.1, -0.05) is 17.6 Å². The maximum Gasteiger partial charge on any atom is 0.125 e. The van der Waals surface area contributed by atoms with Gasteiger partial charge in [0, 0.05) is 11.1 Å². The third-order valence-corrected chi connectivity index (χ3v) is 1.82. The van der Waals surface area contributed by atoms with Crippen molar-refractivity contribution in [3.8, 4) is 0 Å². The lowest BCUT2D eigenvalue weighted by Gasteiger charge is -2.00. The highest BCUT2D eigenvalue weighted by Gasteiger charge is 2.03. The van der Waals surface area contributed by atoms with Gasteiger partial charge >= 0.3 is 0 Å². The van der Waals surface area contributed by atoms with Crippen LogP contribution < -0.4 is 0 Å². The van der Waals surface area contributed by atoms with Gasteiger partial charge in [-0.05, 0) is 25.1 Å². The van der Waals surface area contributed by atoms with E-state index >= 15 is 0 Å². The molecule has 0 aliphatic heterocycles. The Morgan fingerprint density at radius 3 is 3.00 bits per heavy atom. The fraction of sp³-hybridized carbons (Fsp3) is 0.100. The van der Waals surface area contributed by atoms with Gasteiger partial charge in [-0.25, -0.2) is 4.39 Å². The average Bonchev–Trinajstić information content (AvgIpc) is 2.30. The van der Waals surface area contributed by atoms with Crippen molar-refractivity contribution in [2.24, 2.45) is 0 Å². The molecule has 0 saturated heterocycles. The molecule has 0 radical (unpaired) electrons. The van der Waals surface area contributed by atoms with Gasteiger partial charge in [0.2, 0.25) is 0 Å². The predicted octanol–water partition coefficient (Wildman–Crippen LogP) is 3.34. The maximum atomic E-state index is 13.5. The Labute approximate surface area is 85.8 Å². The quantitative estimate of drug-likeness (QED) is 0.634. The second-order valence-corrected chi connectivity index (χ2v) is 2.93. The molecule has 1 nitrogen and oxygen atoms in total. The van der Waals surface area contributed by atoms with Crippen LogP contribution in [-0.2, 0) is 0 Å². The van der Waals surface area contributed by atoms with Gasteiger partial charge in [-0.3, -0.25) is 4.98 Å². The highest BCUT2D eigenvalue weighted by molar-refractivity contribution is 6.35. The van der Waals surface area contributed by atoms with Crippen LogP contribution in [0.25, 0.3) is 10.9 Å². The van der Waals surface area contributed by atoms with Crippen molar-refractivity contribution in [3.05, 3.63) is 40.7 Å². The minimum atomic E-state index is -1.10. The zero-order valence-electron chi connectivity index (χ0n) is 10.7. The van der Waals surface area contributed by atoms with Crippen LogP contribution in [-0.4, -0.2) is 4.98 Å². The number of fused-ring (bicyclic) bond motifs is 1. The molecule has 2 rings (SSSR count). The first-order chi connectivity index (χ1) is 7.86. The lowest BCUT2D eigenvalue weighted by Crippen LogP contribution is -1.85. The van der Waals surface area contributed by atoms with Gasteiger partial charge < -0.3 is 0 Å². The summed E-state index contributed by atoms with van der Waals surface area (Å²) in [5.74, 6) is -1.10. The summed E-state index contributed by atoms with van der Waals surface area (Å²) in [5, 5.41) is -0.357. The maximum absolute atomic E-state index is 13.5. The molecule has 66 valence electrons. The van der Waals surface area contributed by atoms with Crippen molar-refractivity contribution in [2.45, 2.75) is 6.92 Å².